The van der Waals surface area contributed by atoms with Crippen LogP contribution in [0.25, 0.3) is 0 Å². The maximum Gasteiger partial charge on any atom is 0.167 e. The van der Waals surface area contributed by atoms with Crippen molar-refractivity contribution in [3.05, 3.63) is 29.8 Å². The third kappa shape index (κ3) is 2.43. The highest BCUT2D eigenvalue weighted by Crippen LogP contribution is 2.27. The molecule has 0 radical (unpaired) electrons. The van der Waals surface area contributed by atoms with Crippen LogP contribution < -0.4 is 4.74 Å². The Bertz CT molecular complexity index is 371. The summed E-state index contributed by atoms with van der Waals surface area (Å²) in [6, 6.07) is 7.56. The Labute approximate surface area is 96.6 Å². The van der Waals surface area contributed by atoms with Crippen molar-refractivity contribution in [2.45, 2.75) is 32.6 Å². The molecule has 1 atom stereocenters. The van der Waals surface area contributed by atoms with Crippen molar-refractivity contribution in [2.75, 3.05) is 6.61 Å². The zero-order valence-electron chi connectivity index (χ0n) is 9.74. The predicted molar refractivity (Wildman–Crippen MR) is 63.9 cm³/mol. The van der Waals surface area contributed by atoms with Crippen molar-refractivity contribution >= 4 is 5.78 Å². The number of rotatable bonds is 3. The van der Waals surface area contributed by atoms with Crippen LogP contribution in [-0.4, -0.2) is 12.4 Å². The fourth-order valence-corrected chi connectivity index (χ4v) is 2.14. The molecule has 2 rings (SSSR count). The summed E-state index contributed by atoms with van der Waals surface area (Å²) in [7, 11) is 0. The van der Waals surface area contributed by atoms with Gasteiger partial charge in [-0.15, -0.1) is 0 Å². The van der Waals surface area contributed by atoms with E-state index in [1.165, 1.54) is 12.8 Å². The Morgan fingerprint density at radius 2 is 2.19 bits per heavy atom. The van der Waals surface area contributed by atoms with E-state index in [0.29, 0.717) is 18.9 Å². The fraction of sp³-hybridized carbons (Fsp3) is 0.500. The lowest BCUT2D eigenvalue weighted by atomic mass is 9.95. The van der Waals surface area contributed by atoms with Gasteiger partial charge >= 0.3 is 0 Å². The Kier molecular flexibility index (Phi) is 3.60. The van der Waals surface area contributed by atoms with E-state index in [4.69, 9.17) is 4.74 Å². The molecule has 2 heteroatoms. The molecule has 1 aromatic rings. The largest absolute Gasteiger partial charge is 0.493 e. The van der Waals surface area contributed by atoms with E-state index in [-0.39, 0.29) is 5.78 Å². The first-order chi connectivity index (χ1) is 7.81. The molecule has 0 aliphatic carbocycles. The highest BCUT2D eigenvalue weighted by atomic mass is 16.5. The Balaban J connectivity index is 2.10. The first kappa shape index (κ1) is 11.2. The van der Waals surface area contributed by atoms with E-state index < -0.39 is 0 Å². The number of Topliss-reactive ketones (excluding diaryl/α,β-unsaturated/α-hetero) is 1. The van der Waals surface area contributed by atoms with Crippen LogP contribution in [0.1, 0.15) is 43.0 Å². The number of benzene rings is 1. The van der Waals surface area contributed by atoms with E-state index in [2.05, 4.69) is 6.92 Å². The zero-order chi connectivity index (χ0) is 11.4. The van der Waals surface area contributed by atoms with Crippen molar-refractivity contribution in [2.24, 2.45) is 5.92 Å². The molecular weight excluding hydrogens is 200 g/mol. The maximum absolute atomic E-state index is 12.0. The minimum Gasteiger partial charge on any atom is -0.493 e. The van der Waals surface area contributed by atoms with Gasteiger partial charge in [-0.1, -0.05) is 31.9 Å². The molecule has 0 aromatic heterocycles. The smallest absolute Gasteiger partial charge is 0.167 e. The molecule has 2 nitrogen and oxygen atoms in total. The molecule has 0 saturated carbocycles. The van der Waals surface area contributed by atoms with Crippen molar-refractivity contribution in [3.63, 3.8) is 0 Å². The molecule has 0 fully saturated rings. The topological polar surface area (TPSA) is 26.3 Å². The van der Waals surface area contributed by atoms with Gasteiger partial charge in [0.05, 0.1) is 12.2 Å². The molecule has 1 heterocycles. The number of ether oxygens (including phenoxy) is 1. The second kappa shape index (κ2) is 5.15. The van der Waals surface area contributed by atoms with Crippen molar-refractivity contribution in [1.82, 2.24) is 0 Å². The molecule has 1 unspecified atom stereocenters. The average molecular weight is 218 g/mol. The second-order valence-electron chi connectivity index (χ2n) is 4.44. The molecule has 0 amide bonds. The number of hydrogen-bond donors (Lipinski definition) is 0. The van der Waals surface area contributed by atoms with Gasteiger partial charge in [0, 0.05) is 12.3 Å². The standard InChI is InChI=1S/C14H18O2/c1-2-3-6-11-9-13(15)12-7-4-5-8-14(12)16-10-11/h4-5,7-8,11H,2-3,6,9-10H2,1H3. The van der Waals surface area contributed by atoms with Crippen LogP contribution in [0.4, 0.5) is 0 Å². The summed E-state index contributed by atoms with van der Waals surface area (Å²) in [4.78, 5) is 12.0. The van der Waals surface area contributed by atoms with Crippen molar-refractivity contribution in [3.8, 4) is 5.75 Å². The highest BCUT2D eigenvalue weighted by Gasteiger charge is 2.22. The lowest BCUT2D eigenvalue weighted by molar-refractivity contribution is 0.0958. The molecule has 1 aliphatic heterocycles. The molecule has 1 aliphatic rings. The molecule has 16 heavy (non-hydrogen) atoms. The van der Waals surface area contributed by atoms with Gasteiger partial charge in [-0.2, -0.15) is 0 Å². The molecule has 0 bridgehead atoms. The maximum atomic E-state index is 12.0. The number of carbonyl (C=O) groups is 1. The van der Waals surface area contributed by atoms with Crippen LogP contribution in [0.15, 0.2) is 24.3 Å². The fourth-order valence-electron chi connectivity index (χ4n) is 2.14. The van der Waals surface area contributed by atoms with Gasteiger partial charge in [0.15, 0.2) is 5.78 Å². The van der Waals surface area contributed by atoms with Gasteiger partial charge in [-0.05, 0) is 18.6 Å². The minimum absolute atomic E-state index is 0.231. The van der Waals surface area contributed by atoms with Gasteiger partial charge in [0.1, 0.15) is 5.75 Å². The van der Waals surface area contributed by atoms with Crippen LogP contribution in [0.3, 0.4) is 0 Å². The Hall–Kier alpha value is -1.31. The SMILES string of the molecule is CCCCC1COc2ccccc2C(=O)C1. The van der Waals surface area contributed by atoms with E-state index >= 15 is 0 Å². The number of ketones is 1. The van der Waals surface area contributed by atoms with Crippen LogP contribution in [0.5, 0.6) is 5.75 Å². The molecule has 0 spiro atoms. The lowest BCUT2D eigenvalue weighted by Gasteiger charge is -2.12. The molecule has 1 aromatic carbocycles. The van der Waals surface area contributed by atoms with Gasteiger partial charge in [0.25, 0.3) is 0 Å². The lowest BCUT2D eigenvalue weighted by Crippen LogP contribution is -2.12. The summed E-state index contributed by atoms with van der Waals surface area (Å²) in [6.45, 7) is 2.86. The van der Waals surface area contributed by atoms with Gasteiger partial charge < -0.3 is 4.74 Å². The summed E-state index contributed by atoms with van der Waals surface area (Å²) in [6.07, 6.45) is 4.09. The zero-order valence-corrected chi connectivity index (χ0v) is 9.74. The van der Waals surface area contributed by atoms with E-state index in [1.54, 1.807) is 0 Å². The van der Waals surface area contributed by atoms with Gasteiger partial charge in [0.2, 0.25) is 0 Å². The third-order valence-electron chi connectivity index (χ3n) is 3.10. The minimum atomic E-state index is 0.231. The summed E-state index contributed by atoms with van der Waals surface area (Å²) < 4.78 is 5.71. The predicted octanol–water partition coefficient (Wildman–Crippen LogP) is 3.46. The van der Waals surface area contributed by atoms with Crippen molar-refractivity contribution in [1.29, 1.82) is 0 Å². The van der Waals surface area contributed by atoms with Crippen LogP contribution in [0.2, 0.25) is 0 Å². The number of para-hydroxylation sites is 1. The van der Waals surface area contributed by atoms with Crippen LogP contribution in [-0.2, 0) is 0 Å². The average Bonchev–Trinajstić information content (AvgIpc) is 2.47. The number of unbranched alkanes of at least 4 members (excludes halogenated alkanes) is 1. The molecule has 86 valence electrons. The first-order valence-corrected chi connectivity index (χ1v) is 6.06. The van der Waals surface area contributed by atoms with Gasteiger partial charge in [-0.3, -0.25) is 4.79 Å². The van der Waals surface area contributed by atoms with Crippen LogP contribution in [0, 0.1) is 5.92 Å². The third-order valence-corrected chi connectivity index (χ3v) is 3.10. The van der Waals surface area contributed by atoms with E-state index in [0.717, 1.165) is 17.7 Å². The molecular formula is C14H18O2. The summed E-state index contributed by atoms with van der Waals surface area (Å²) in [5, 5.41) is 0. The summed E-state index contributed by atoms with van der Waals surface area (Å²) in [5.41, 5.74) is 0.751. The number of fused-ring (bicyclic) bond motifs is 1. The Morgan fingerprint density at radius 3 is 3.00 bits per heavy atom. The summed E-state index contributed by atoms with van der Waals surface area (Å²) >= 11 is 0. The van der Waals surface area contributed by atoms with Crippen LogP contribution >= 0.6 is 0 Å². The molecule has 0 N–H and O–H groups in total. The van der Waals surface area contributed by atoms with E-state index in [1.807, 2.05) is 24.3 Å². The quantitative estimate of drug-likeness (QED) is 0.776. The molecule has 0 saturated heterocycles. The monoisotopic (exact) mass is 218 g/mol. The van der Waals surface area contributed by atoms with E-state index in [9.17, 15) is 4.79 Å². The Morgan fingerprint density at radius 1 is 1.38 bits per heavy atom. The van der Waals surface area contributed by atoms with Crippen molar-refractivity contribution < 1.29 is 9.53 Å². The number of carbonyl (C=O) groups excluding carboxylic acids is 1. The first-order valence-electron chi connectivity index (χ1n) is 6.06. The number of hydrogen-bond acceptors (Lipinski definition) is 2. The second-order valence-corrected chi connectivity index (χ2v) is 4.44. The summed E-state index contributed by atoms with van der Waals surface area (Å²) in [5.74, 6) is 1.38. The highest BCUT2D eigenvalue weighted by molar-refractivity contribution is 5.99. The normalized spacial score (nSPS) is 19.8. The van der Waals surface area contributed by atoms with Gasteiger partial charge in [-0.25, -0.2) is 0 Å².